The number of benzene rings is 1. The molecule has 13 heavy (non-hydrogen) atoms. The molecule has 0 radical (unpaired) electrons. The highest BCUT2D eigenvalue weighted by atomic mass is 31.2. The fraction of sp³-hybridized carbons (Fsp3) is 0. The van der Waals surface area contributed by atoms with E-state index in [9.17, 15) is 9.67 Å². The second-order valence-electron chi connectivity index (χ2n) is 2.82. The summed E-state index contributed by atoms with van der Waals surface area (Å²) in [5, 5.41) is 9.42. The van der Waals surface area contributed by atoms with Crippen LogP contribution in [0.2, 0.25) is 0 Å². The summed E-state index contributed by atoms with van der Waals surface area (Å²) < 4.78 is 30.9. The monoisotopic (exact) mass is 200 g/mol. The first kappa shape index (κ1) is 5.99. The first-order chi connectivity index (χ1) is 6.18. The first-order valence-corrected chi connectivity index (χ1v) is 4.94. The molecule has 0 fully saturated rings. The lowest BCUT2D eigenvalue weighted by atomic mass is 10.3. The van der Waals surface area contributed by atoms with Crippen molar-refractivity contribution in [3.63, 3.8) is 0 Å². The van der Waals surface area contributed by atoms with Crippen LogP contribution in [0.15, 0.2) is 0 Å². The van der Waals surface area contributed by atoms with E-state index in [1.165, 1.54) is 0 Å². The van der Waals surface area contributed by atoms with Crippen LogP contribution >= 0.6 is 7.82 Å². The third-order valence-electron chi connectivity index (χ3n) is 2.03. The highest BCUT2D eigenvalue weighted by molar-refractivity contribution is 7.50. The van der Waals surface area contributed by atoms with E-state index in [2.05, 4.69) is 0 Å². The molecule has 1 unspecified atom stereocenters. The van der Waals surface area contributed by atoms with Crippen LogP contribution in [0.5, 0.6) is 34.5 Å². The summed E-state index contributed by atoms with van der Waals surface area (Å²) >= 11 is 0. The molecule has 1 N–H and O–H groups in total. The van der Waals surface area contributed by atoms with Crippen molar-refractivity contribution in [2.24, 2.45) is 0 Å². The molecule has 6 nitrogen and oxygen atoms in total. The van der Waals surface area contributed by atoms with Gasteiger partial charge in [0.05, 0.1) is 0 Å². The summed E-state index contributed by atoms with van der Waals surface area (Å²) in [6, 6.07) is 0. The molecule has 4 rings (SSSR count). The van der Waals surface area contributed by atoms with E-state index in [0.29, 0.717) is 11.5 Å². The molecule has 0 aromatic heterocycles. The molecule has 7 heteroatoms. The average molecular weight is 200 g/mol. The molecule has 2 bridgehead atoms. The molecule has 0 amide bonds. The number of fused-ring (bicyclic) bond motifs is 3. The molecular formula is C6HO6P. The Balaban J connectivity index is 2.21. The molecule has 0 saturated carbocycles. The topological polar surface area (TPSA) is 77.5 Å². The first-order valence-electron chi connectivity index (χ1n) is 3.47. The van der Waals surface area contributed by atoms with Gasteiger partial charge in [0.25, 0.3) is 0 Å². The fourth-order valence-corrected chi connectivity index (χ4v) is 2.72. The highest BCUT2D eigenvalue weighted by Gasteiger charge is 2.57. The van der Waals surface area contributed by atoms with Crippen LogP contribution in [0.3, 0.4) is 0 Å². The molecule has 1 atom stereocenters. The SMILES string of the molecule is O=P12Oc3c(O)c4c(c(c3O1)O2)O4. The van der Waals surface area contributed by atoms with Gasteiger partial charge in [-0.1, -0.05) is 0 Å². The smallest absolute Gasteiger partial charge is 0.501 e. The van der Waals surface area contributed by atoms with Gasteiger partial charge in [-0.3, -0.25) is 0 Å². The standard InChI is InChI=1S/C6HO6P/c7-1-2-4(9-2)6-5-3(1)10-13(8,11-5)12-6/h7H. The average Bonchev–Trinajstić information content (AvgIpc) is 2.70. The van der Waals surface area contributed by atoms with Crippen LogP contribution in [-0.4, -0.2) is 5.11 Å². The predicted molar refractivity (Wildman–Crippen MR) is 37.7 cm³/mol. The van der Waals surface area contributed by atoms with Crippen LogP contribution in [0.25, 0.3) is 0 Å². The van der Waals surface area contributed by atoms with E-state index in [1.807, 2.05) is 0 Å². The number of aromatic hydroxyl groups is 1. The van der Waals surface area contributed by atoms with E-state index < -0.39 is 7.82 Å². The van der Waals surface area contributed by atoms with Gasteiger partial charge in [-0.2, -0.15) is 4.57 Å². The fourth-order valence-electron chi connectivity index (χ4n) is 1.44. The van der Waals surface area contributed by atoms with Gasteiger partial charge in [0, 0.05) is 0 Å². The Morgan fingerprint density at radius 1 is 0.923 bits per heavy atom. The lowest BCUT2D eigenvalue weighted by molar-refractivity contribution is 0.347. The number of phenolic OH excluding ortho intramolecular Hbond substituents is 1. The number of rotatable bonds is 0. The van der Waals surface area contributed by atoms with E-state index >= 15 is 0 Å². The summed E-state index contributed by atoms with van der Waals surface area (Å²) in [5.41, 5.74) is 0. The van der Waals surface area contributed by atoms with Crippen LogP contribution in [0.4, 0.5) is 0 Å². The van der Waals surface area contributed by atoms with Crippen molar-refractivity contribution in [2.45, 2.75) is 0 Å². The summed E-state index contributed by atoms with van der Waals surface area (Å²) in [6.07, 6.45) is 0. The van der Waals surface area contributed by atoms with Crippen molar-refractivity contribution >= 4 is 7.82 Å². The van der Waals surface area contributed by atoms with Crippen LogP contribution in [0, 0.1) is 0 Å². The van der Waals surface area contributed by atoms with Gasteiger partial charge >= 0.3 is 7.82 Å². The predicted octanol–water partition coefficient (Wildman–Crippen LogP) is 1.77. The summed E-state index contributed by atoms with van der Waals surface area (Å²) in [5.74, 6) is 1.04. The lowest BCUT2D eigenvalue weighted by Crippen LogP contribution is -1.96. The number of phosphoric acid groups is 1. The Bertz CT molecular complexity index is 521. The van der Waals surface area contributed by atoms with Gasteiger partial charge in [0.1, 0.15) is 0 Å². The van der Waals surface area contributed by atoms with Crippen molar-refractivity contribution in [3.8, 4) is 34.5 Å². The Morgan fingerprint density at radius 3 is 2.31 bits per heavy atom. The highest BCUT2D eigenvalue weighted by Crippen LogP contribution is 2.79. The number of phenols is 1. The number of phosphoric ester groups is 1. The minimum absolute atomic E-state index is 0.0563. The van der Waals surface area contributed by atoms with Crippen molar-refractivity contribution in [3.05, 3.63) is 0 Å². The molecule has 3 aliphatic rings. The van der Waals surface area contributed by atoms with Crippen molar-refractivity contribution < 1.29 is 28.0 Å². The van der Waals surface area contributed by atoms with E-state index in [-0.39, 0.29) is 23.0 Å². The van der Waals surface area contributed by atoms with Gasteiger partial charge in [-0.05, 0) is 0 Å². The van der Waals surface area contributed by atoms with Crippen molar-refractivity contribution in [1.82, 2.24) is 0 Å². The van der Waals surface area contributed by atoms with Gasteiger partial charge in [-0.25, -0.2) is 0 Å². The third kappa shape index (κ3) is 0.479. The van der Waals surface area contributed by atoms with Crippen LogP contribution < -0.4 is 18.3 Å². The molecule has 3 heterocycles. The summed E-state index contributed by atoms with van der Waals surface area (Å²) in [4.78, 5) is 0. The molecular weight excluding hydrogens is 199 g/mol. The zero-order valence-corrected chi connectivity index (χ0v) is 6.83. The Hall–Kier alpha value is -1.55. The molecule has 0 saturated heterocycles. The zero-order chi connectivity index (χ0) is 8.79. The summed E-state index contributed by atoms with van der Waals surface area (Å²) in [6.45, 7) is 0. The number of hydrogen-bond acceptors (Lipinski definition) is 6. The second-order valence-corrected chi connectivity index (χ2v) is 4.26. The maximum absolute atomic E-state index is 11.4. The zero-order valence-electron chi connectivity index (χ0n) is 5.94. The van der Waals surface area contributed by atoms with Gasteiger partial charge in [0.2, 0.25) is 34.5 Å². The second kappa shape index (κ2) is 1.33. The molecule has 0 aliphatic carbocycles. The van der Waals surface area contributed by atoms with Crippen molar-refractivity contribution in [2.75, 3.05) is 0 Å². The Labute approximate surface area is 71.2 Å². The maximum atomic E-state index is 11.4. The quantitative estimate of drug-likeness (QED) is 0.515. The third-order valence-corrected chi connectivity index (χ3v) is 3.25. The van der Waals surface area contributed by atoms with Crippen LogP contribution in [-0.2, 0) is 4.57 Å². The van der Waals surface area contributed by atoms with Gasteiger partial charge < -0.3 is 23.4 Å². The van der Waals surface area contributed by atoms with Gasteiger partial charge in [-0.15, -0.1) is 0 Å². The Kier molecular flexibility index (Phi) is 0.614. The number of ether oxygens (including phenoxy) is 1. The molecule has 66 valence electrons. The lowest BCUT2D eigenvalue weighted by Gasteiger charge is -2.07. The maximum Gasteiger partial charge on any atom is 0.647 e. The van der Waals surface area contributed by atoms with Gasteiger partial charge in [0.15, 0.2) is 0 Å². The normalized spacial score (nSPS) is 28.3. The molecule has 3 aliphatic heterocycles. The van der Waals surface area contributed by atoms with E-state index in [0.717, 1.165) is 0 Å². The largest absolute Gasteiger partial charge is 0.647 e. The van der Waals surface area contributed by atoms with Crippen molar-refractivity contribution in [1.29, 1.82) is 0 Å². The van der Waals surface area contributed by atoms with E-state index in [4.69, 9.17) is 18.3 Å². The summed E-state index contributed by atoms with van der Waals surface area (Å²) in [7, 11) is -3.51. The molecule has 1 aromatic carbocycles. The van der Waals surface area contributed by atoms with Crippen LogP contribution in [0.1, 0.15) is 0 Å². The number of hydrogen-bond donors (Lipinski definition) is 1. The molecule has 1 aromatic rings. The van der Waals surface area contributed by atoms with E-state index in [1.54, 1.807) is 0 Å². The minimum atomic E-state index is -3.51. The molecule has 0 spiro atoms. The Morgan fingerprint density at radius 2 is 1.54 bits per heavy atom. The minimum Gasteiger partial charge on any atom is -0.501 e.